The Balaban J connectivity index is 2.58. The molecule has 2 aromatic heterocycles. The van der Waals surface area contributed by atoms with Crippen LogP contribution in [0.5, 0.6) is 0 Å². The zero-order valence-corrected chi connectivity index (χ0v) is 11.6. The van der Waals surface area contributed by atoms with Crippen molar-refractivity contribution in [3.05, 3.63) is 34.6 Å². The van der Waals surface area contributed by atoms with E-state index in [1.165, 1.54) is 25.4 Å². The lowest BCUT2D eigenvalue weighted by atomic mass is 10.2. The van der Waals surface area contributed by atoms with Crippen LogP contribution in [0.4, 0.5) is 0 Å². The highest BCUT2D eigenvalue weighted by Gasteiger charge is 2.22. The summed E-state index contributed by atoms with van der Waals surface area (Å²) in [4.78, 5) is 31.7. The van der Waals surface area contributed by atoms with Gasteiger partial charge in [-0.1, -0.05) is 0 Å². The standard InChI is InChI=1S/C13H12N2O3S/c1-7-6-14-5-4-9(7)12-15-10(13(17)18-3)11(19-12)8(2)16/h4-6H,1-3H3. The molecule has 0 aromatic carbocycles. The fourth-order valence-electron chi connectivity index (χ4n) is 1.62. The van der Waals surface area contributed by atoms with Gasteiger partial charge >= 0.3 is 5.97 Å². The number of Topliss-reactive ketones (excluding diaryl/α,β-unsaturated/α-hetero) is 1. The molecule has 6 heteroatoms. The van der Waals surface area contributed by atoms with Gasteiger partial charge in [0.05, 0.1) is 7.11 Å². The summed E-state index contributed by atoms with van der Waals surface area (Å²) in [5.41, 5.74) is 1.87. The van der Waals surface area contributed by atoms with Gasteiger partial charge < -0.3 is 4.74 Å². The normalized spacial score (nSPS) is 10.3. The number of ether oxygens (including phenoxy) is 1. The first-order valence-electron chi connectivity index (χ1n) is 5.55. The maximum atomic E-state index is 11.6. The van der Waals surface area contributed by atoms with Crippen molar-refractivity contribution >= 4 is 23.1 Å². The molecule has 2 rings (SSSR count). The number of pyridine rings is 1. The largest absolute Gasteiger partial charge is 0.464 e. The van der Waals surface area contributed by atoms with Crippen molar-refractivity contribution in [3.8, 4) is 10.6 Å². The number of aromatic nitrogens is 2. The molecule has 0 bridgehead atoms. The lowest BCUT2D eigenvalue weighted by Crippen LogP contribution is -2.06. The average Bonchev–Trinajstić information content (AvgIpc) is 2.83. The number of thiazole rings is 1. The van der Waals surface area contributed by atoms with E-state index in [0.29, 0.717) is 9.88 Å². The summed E-state index contributed by atoms with van der Waals surface area (Å²) in [5, 5.41) is 0.616. The van der Waals surface area contributed by atoms with E-state index in [1.54, 1.807) is 18.5 Å². The molecule has 0 radical (unpaired) electrons. The van der Waals surface area contributed by atoms with Crippen molar-refractivity contribution in [2.75, 3.05) is 7.11 Å². The van der Waals surface area contributed by atoms with E-state index in [1.807, 2.05) is 6.92 Å². The molecule has 0 aliphatic rings. The Morgan fingerprint density at radius 1 is 1.37 bits per heavy atom. The topological polar surface area (TPSA) is 69.2 Å². The predicted molar refractivity (Wildman–Crippen MR) is 71.4 cm³/mol. The van der Waals surface area contributed by atoms with Crippen LogP contribution in [-0.4, -0.2) is 28.8 Å². The number of ketones is 1. The van der Waals surface area contributed by atoms with Gasteiger partial charge in [0, 0.05) is 24.9 Å². The van der Waals surface area contributed by atoms with E-state index < -0.39 is 5.97 Å². The molecule has 0 fully saturated rings. The maximum absolute atomic E-state index is 11.6. The third-order valence-corrected chi connectivity index (χ3v) is 3.77. The van der Waals surface area contributed by atoms with Crippen LogP contribution in [0, 0.1) is 6.92 Å². The minimum atomic E-state index is -0.598. The molecule has 0 N–H and O–H groups in total. The molecule has 0 amide bonds. The summed E-state index contributed by atoms with van der Waals surface area (Å²) in [6.45, 7) is 3.30. The third-order valence-electron chi connectivity index (χ3n) is 2.58. The van der Waals surface area contributed by atoms with E-state index in [2.05, 4.69) is 14.7 Å². The van der Waals surface area contributed by atoms with Gasteiger partial charge in [0.25, 0.3) is 0 Å². The molecule has 0 aliphatic carbocycles. The van der Waals surface area contributed by atoms with Crippen LogP contribution in [0.25, 0.3) is 10.6 Å². The molecule has 0 spiro atoms. The highest BCUT2D eigenvalue weighted by atomic mass is 32.1. The molecule has 19 heavy (non-hydrogen) atoms. The summed E-state index contributed by atoms with van der Waals surface area (Å²) < 4.78 is 4.65. The lowest BCUT2D eigenvalue weighted by Gasteiger charge is -1.99. The Morgan fingerprint density at radius 3 is 2.68 bits per heavy atom. The molecule has 98 valence electrons. The number of hydrogen-bond donors (Lipinski definition) is 0. The number of esters is 1. The van der Waals surface area contributed by atoms with Gasteiger partial charge in [0.15, 0.2) is 11.5 Å². The van der Waals surface area contributed by atoms with Gasteiger partial charge in [0.1, 0.15) is 9.88 Å². The van der Waals surface area contributed by atoms with Crippen molar-refractivity contribution in [1.29, 1.82) is 0 Å². The molecule has 2 aromatic rings. The first-order chi connectivity index (χ1) is 9.04. The summed E-state index contributed by atoms with van der Waals surface area (Å²) in [7, 11) is 1.27. The molecular formula is C13H12N2O3S. The molecule has 0 atom stereocenters. The Bertz CT molecular complexity index is 649. The van der Waals surface area contributed by atoms with Crippen LogP contribution in [0.15, 0.2) is 18.5 Å². The Labute approximate surface area is 114 Å². The third kappa shape index (κ3) is 2.53. The summed E-state index contributed by atoms with van der Waals surface area (Å²) in [5.74, 6) is -0.796. The highest BCUT2D eigenvalue weighted by molar-refractivity contribution is 7.17. The van der Waals surface area contributed by atoms with Crippen molar-refractivity contribution in [1.82, 2.24) is 9.97 Å². The minimum Gasteiger partial charge on any atom is -0.464 e. The van der Waals surface area contributed by atoms with Crippen LogP contribution in [0.1, 0.15) is 32.6 Å². The average molecular weight is 276 g/mol. The van der Waals surface area contributed by atoms with Gasteiger partial charge in [-0.2, -0.15) is 0 Å². The van der Waals surface area contributed by atoms with E-state index in [0.717, 1.165) is 11.1 Å². The number of carbonyl (C=O) groups excluding carboxylic acids is 2. The Morgan fingerprint density at radius 2 is 2.11 bits per heavy atom. The van der Waals surface area contributed by atoms with Crippen molar-refractivity contribution in [3.63, 3.8) is 0 Å². The van der Waals surface area contributed by atoms with Gasteiger partial charge in [-0.3, -0.25) is 9.78 Å². The number of aryl methyl sites for hydroxylation is 1. The van der Waals surface area contributed by atoms with Crippen molar-refractivity contribution in [2.45, 2.75) is 13.8 Å². The number of methoxy groups -OCH3 is 1. The number of nitrogens with zero attached hydrogens (tertiary/aromatic N) is 2. The Kier molecular flexibility index (Phi) is 3.71. The zero-order chi connectivity index (χ0) is 14.0. The van der Waals surface area contributed by atoms with Crippen molar-refractivity contribution < 1.29 is 14.3 Å². The van der Waals surface area contributed by atoms with Gasteiger partial charge in [0.2, 0.25) is 0 Å². The maximum Gasteiger partial charge on any atom is 0.358 e. The summed E-state index contributed by atoms with van der Waals surface area (Å²) in [6, 6.07) is 1.80. The van der Waals surface area contributed by atoms with E-state index in [9.17, 15) is 9.59 Å². The summed E-state index contributed by atoms with van der Waals surface area (Å²) >= 11 is 1.19. The molecule has 2 heterocycles. The van der Waals surface area contributed by atoms with E-state index >= 15 is 0 Å². The van der Waals surface area contributed by atoms with Gasteiger partial charge in [-0.25, -0.2) is 9.78 Å². The van der Waals surface area contributed by atoms with Gasteiger partial charge in [-0.05, 0) is 18.6 Å². The number of hydrogen-bond acceptors (Lipinski definition) is 6. The quantitative estimate of drug-likeness (QED) is 0.636. The SMILES string of the molecule is COC(=O)c1nc(-c2ccncc2C)sc1C(C)=O. The van der Waals surface area contributed by atoms with Crippen LogP contribution < -0.4 is 0 Å². The van der Waals surface area contributed by atoms with E-state index in [4.69, 9.17) is 0 Å². The van der Waals surface area contributed by atoms with Gasteiger partial charge in [-0.15, -0.1) is 11.3 Å². The molecule has 0 saturated carbocycles. The smallest absolute Gasteiger partial charge is 0.358 e. The minimum absolute atomic E-state index is 0.0752. The van der Waals surface area contributed by atoms with E-state index in [-0.39, 0.29) is 11.5 Å². The second-order valence-electron chi connectivity index (χ2n) is 3.94. The Hall–Kier alpha value is -2.08. The first-order valence-corrected chi connectivity index (χ1v) is 6.37. The second kappa shape index (κ2) is 5.27. The fourth-order valence-corrected chi connectivity index (χ4v) is 2.66. The lowest BCUT2D eigenvalue weighted by molar-refractivity contribution is 0.0591. The van der Waals surface area contributed by atoms with Crippen LogP contribution in [-0.2, 0) is 4.74 Å². The highest BCUT2D eigenvalue weighted by Crippen LogP contribution is 2.30. The molecule has 0 aliphatic heterocycles. The molecule has 5 nitrogen and oxygen atoms in total. The number of carbonyl (C=O) groups is 2. The zero-order valence-electron chi connectivity index (χ0n) is 10.8. The molecular weight excluding hydrogens is 264 g/mol. The second-order valence-corrected chi connectivity index (χ2v) is 4.93. The first kappa shape index (κ1) is 13.4. The fraction of sp³-hybridized carbons (Fsp3) is 0.231. The van der Waals surface area contributed by atoms with Crippen molar-refractivity contribution in [2.24, 2.45) is 0 Å². The van der Waals surface area contributed by atoms with Crippen LogP contribution in [0.3, 0.4) is 0 Å². The molecule has 0 saturated heterocycles. The molecule has 0 unspecified atom stereocenters. The summed E-state index contributed by atoms with van der Waals surface area (Å²) in [6.07, 6.45) is 3.36. The predicted octanol–water partition coefficient (Wildman–Crippen LogP) is 2.50. The van der Waals surface area contributed by atoms with Crippen LogP contribution >= 0.6 is 11.3 Å². The number of rotatable bonds is 3. The monoisotopic (exact) mass is 276 g/mol. The van der Waals surface area contributed by atoms with Crippen LogP contribution in [0.2, 0.25) is 0 Å².